The molecule has 0 aliphatic rings. The smallest absolute Gasteiger partial charge is 0.149 e. The second-order valence-electron chi connectivity index (χ2n) is 3.83. The summed E-state index contributed by atoms with van der Waals surface area (Å²) in [6.07, 6.45) is 1.74. The van der Waals surface area contributed by atoms with E-state index < -0.39 is 0 Å². The molecule has 0 atom stereocenters. The van der Waals surface area contributed by atoms with E-state index in [0.717, 1.165) is 17.0 Å². The van der Waals surface area contributed by atoms with Crippen LogP contribution in [-0.4, -0.2) is 24.7 Å². The molecule has 1 rings (SSSR count). The van der Waals surface area contributed by atoms with Crippen LogP contribution in [0.5, 0.6) is 0 Å². The molecule has 0 fully saturated rings. The third-order valence-electron chi connectivity index (χ3n) is 2.10. The standard InChI is InChI=1S/C12H19N3O/c1-9(2)8-16-7-6-15-12-11(13)10(3)4-5-14-12/h4-5H,1,6-8,13H2,2-3H3,(H,14,15). The summed E-state index contributed by atoms with van der Waals surface area (Å²) in [7, 11) is 0. The molecular formula is C12H19N3O. The zero-order valence-corrected chi connectivity index (χ0v) is 9.92. The summed E-state index contributed by atoms with van der Waals surface area (Å²) in [5, 5.41) is 3.14. The van der Waals surface area contributed by atoms with Crippen LogP contribution >= 0.6 is 0 Å². The quantitative estimate of drug-likeness (QED) is 0.569. The predicted molar refractivity (Wildman–Crippen MR) is 67.5 cm³/mol. The van der Waals surface area contributed by atoms with Gasteiger partial charge >= 0.3 is 0 Å². The molecule has 1 heterocycles. The first-order valence-corrected chi connectivity index (χ1v) is 5.28. The third kappa shape index (κ3) is 3.90. The summed E-state index contributed by atoms with van der Waals surface area (Å²) in [6.45, 7) is 9.55. The topological polar surface area (TPSA) is 60.2 Å². The molecule has 4 nitrogen and oxygen atoms in total. The molecule has 0 bridgehead atoms. The zero-order valence-electron chi connectivity index (χ0n) is 9.92. The summed E-state index contributed by atoms with van der Waals surface area (Å²) < 4.78 is 5.36. The average Bonchev–Trinajstić information content (AvgIpc) is 2.23. The first-order chi connectivity index (χ1) is 7.61. The lowest BCUT2D eigenvalue weighted by atomic mass is 10.2. The van der Waals surface area contributed by atoms with Crippen LogP contribution in [0.15, 0.2) is 24.4 Å². The summed E-state index contributed by atoms with van der Waals surface area (Å²) in [4.78, 5) is 4.16. The van der Waals surface area contributed by atoms with Gasteiger partial charge in [-0.15, -0.1) is 0 Å². The lowest BCUT2D eigenvalue weighted by Gasteiger charge is -2.10. The van der Waals surface area contributed by atoms with Crippen molar-refractivity contribution in [3.63, 3.8) is 0 Å². The van der Waals surface area contributed by atoms with Gasteiger partial charge in [0.1, 0.15) is 5.82 Å². The number of anilines is 2. The van der Waals surface area contributed by atoms with E-state index in [1.54, 1.807) is 6.20 Å². The van der Waals surface area contributed by atoms with Gasteiger partial charge in [-0.25, -0.2) is 4.98 Å². The highest BCUT2D eigenvalue weighted by Crippen LogP contribution is 2.17. The average molecular weight is 221 g/mol. The van der Waals surface area contributed by atoms with E-state index in [-0.39, 0.29) is 0 Å². The number of nitrogens with two attached hydrogens (primary N) is 1. The van der Waals surface area contributed by atoms with Gasteiger partial charge in [-0.05, 0) is 25.5 Å². The molecule has 0 spiro atoms. The number of nitrogen functional groups attached to an aromatic ring is 1. The molecule has 16 heavy (non-hydrogen) atoms. The Morgan fingerprint density at radius 1 is 1.62 bits per heavy atom. The molecule has 0 aromatic carbocycles. The van der Waals surface area contributed by atoms with Crippen LogP contribution in [0.3, 0.4) is 0 Å². The fourth-order valence-electron chi connectivity index (χ4n) is 1.20. The lowest BCUT2D eigenvalue weighted by molar-refractivity contribution is 0.167. The van der Waals surface area contributed by atoms with E-state index in [1.165, 1.54) is 0 Å². The summed E-state index contributed by atoms with van der Waals surface area (Å²) in [5.41, 5.74) is 8.61. The molecular weight excluding hydrogens is 202 g/mol. The van der Waals surface area contributed by atoms with Crippen LogP contribution in [0.2, 0.25) is 0 Å². The molecule has 0 aliphatic heterocycles. The lowest BCUT2D eigenvalue weighted by Crippen LogP contribution is -2.12. The Balaban J connectivity index is 2.32. The molecule has 0 amide bonds. The van der Waals surface area contributed by atoms with E-state index in [4.69, 9.17) is 10.5 Å². The third-order valence-corrected chi connectivity index (χ3v) is 2.10. The number of aromatic nitrogens is 1. The fraction of sp³-hybridized carbons (Fsp3) is 0.417. The van der Waals surface area contributed by atoms with Gasteiger partial charge in [0.2, 0.25) is 0 Å². The van der Waals surface area contributed by atoms with Crippen molar-refractivity contribution in [3.8, 4) is 0 Å². The molecule has 0 unspecified atom stereocenters. The predicted octanol–water partition coefficient (Wildman–Crippen LogP) is 1.98. The number of hydrogen-bond donors (Lipinski definition) is 2. The highest BCUT2D eigenvalue weighted by atomic mass is 16.5. The van der Waals surface area contributed by atoms with Crippen molar-refractivity contribution in [1.29, 1.82) is 0 Å². The number of pyridine rings is 1. The number of aryl methyl sites for hydroxylation is 1. The largest absolute Gasteiger partial charge is 0.396 e. The number of hydrogen-bond acceptors (Lipinski definition) is 4. The van der Waals surface area contributed by atoms with E-state index in [2.05, 4.69) is 16.9 Å². The monoisotopic (exact) mass is 221 g/mol. The highest BCUT2D eigenvalue weighted by Gasteiger charge is 2.01. The fourth-order valence-corrected chi connectivity index (χ4v) is 1.20. The molecule has 0 radical (unpaired) electrons. The van der Waals surface area contributed by atoms with Gasteiger partial charge in [0.15, 0.2) is 0 Å². The van der Waals surface area contributed by atoms with Gasteiger partial charge in [0, 0.05) is 12.7 Å². The Kier molecular flexibility index (Phi) is 4.79. The van der Waals surface area contributed by atoms with Gasteiger partial charge in [-0.3, -0.25) is 0 Å². The number of ether oxygens (including phenoxy) is 1. The summed E-state index contributed by atoms with van der Waals surface area (Å²) in [6, 6.07) is 1.89. The van der Waals surface area contributed by atoms with E-state index >= 15 is 0 Å². The molecule has 0 saturated heterocycles. The van der Waals surface area contributed by atoms with Crippen LogP contribution in [0, 0.1) is 6.92 Å². The molecule has 1 aromatic heterocycles. The number of nitrogens with one attached hydrogen (secondary N) is 1. The maximum atomic E-state index is 5.87. The normalized spacial score (nSPS) is 10.1. The maximum Gasteiger partial charge on any atom is 0.149 e. The van der Waals surface area contributed by atoms with Crippen LogP contribution in [0.4, 0.5) is 11.5 Å². The molecule has 3 N–H and O–H groups in total. The second-order valence-corrected chi connectivity index (χ2v) is 3.83. The minimum atomic E-state index is 0.596. The van der Waals surface area contributed by atoms with Crippen LogP contribution in [0.1, 0.15) is 12.5 Å². The van der Waals surface area contributed by atoms with E-state index in [1.807, 2.05) is 19.9 Å². The van der Waals surface area contributed by atoms with E-state index in [0.29, 0.717) is 25.4 Å². The summed E-state index contributed by atoms with van der Waals surface area (Å²) >= 11 is 0. The highest BCUT2D eigenvalue weighted by molar-refractivity contribution is 5.64. The van der Waals surface area contributed by atoms with Gasteiger partial charge in [0.05, 0.1) is 18.9 Å². The summed E-state index contributed by atoms with van der Waals surface area (Å²) in [5.74, 6) is 0.721. The molecule has 0 aliphatic carbocycles. The van der Waals surface area contributed by atoms with Crippen LogP contribution in [-0.2, 0) is 4.74 Å². The van der Waals surface area contributed by atoms with Crippen LogP contribution in [0.25, 0.3) is 0 Å². The maximum absolute atomic E-state index is 5.87. The number of nitrogens with zero attached hydrogens (tertiary/aromatic N) is 1. The second kappa shape index (κ2) is 6.12. The Morgan fingerprint density at radius 2 is 2.38 bits per heavy atom. The van der Waals surface area contributed by atoms with Crippen molar-refractivity contribution in [1.82, 2.24) is 4.98 Å². The Morgan fingerprint density at radius 3 is 3.06 bits per heavy atom. The zero-order chi connectivity index (χ0) is 12.0. The minimum absolute atomic E-state index is 0.596. The first-order valence-electron chi connectivity index (χ1n) is 5.28. The molecule has 4 heteroatoms. The van der Waals surface area contributed by atoms with Crippen molar-refractivity contribution in [2.24, 2.45) is 0 Å². The SMILES string of the molecule is C=C(C)COCCNc1nccc(C)c1N. The van der Waals surface area contributed by atoms with Crippen molar-refractivity contribution < 1.29 is 4.74 Å². The van der Waals surface area contributed by atoms with Gasteiger partial charge in [-0.1, -0.05) is 12.2 Å². The van der Waals surface area contributed by atoms with Crippen LogP contribution < -0.4 is 11.1 Å². The van der Waals surface area contributed by atoms with Crippen molar-refractivity contribution in [2.75, 3.05) is 30.8 Å². The molecule has 1 aromatic rings. The molecule has 0 saturated carbocycles. The van der Waals surface area contributed by atoms with Gasteiger partial charge < -0.3 is 15.8 Å². The van der Waals surface area contributed by atoms with Crippen molar-refractivity contribution in [3.05, 3.63) is 30.0 Å². The molecule has 88 valence electrons. The van der Waals surface area contributed by atoms with Gasteiger partial charge in [0.25, 0.3) is 0 Å². The van der Waals surface area contributed by atoms with Crippen molar-refractivity contribution in [2.45, 2.75) is 13.8 Å². The number of rotatable bonds is 6. The Bertz CT molecular complexity index is 363. The Labute approximate surface area is 96.5 Å². The Hall–Kier alpha value is -1.55. The first kappa shape index (κ1) is 12.5. The minimum Gasteiger partial charge on any atom is -0.396 e. The van der Waals surface area contributed by atoms with Gasteiger partial charge in [-0.2, -0.15) is 0 Å². The van der Waals surface area contributed by atoms with Crippen molar-refractivity contribution >= 4 is 11.5 Å². The van der Waals surface area contributed by atoms with E-state index in [9.17, 15) is 0 Å².